The Morgan fingerprint density at radius 1 is 1.29 bits per heavy atom. The molecule has 0 atom stereocenters. The summed E-state index contributed by atoms with van der Waals surface area (Å²) in [4.78, 5) is 7.71. The van der Waals surface area contributed by atoms with E-state index in [0.29, 0.717) is 22.9 Å². The van der Waals surface area contributed by atoms with Gasteiger partial charge < -0.3 is 14.5 Å². The number of nitrogens with one attached hydrogen (secondary N) is 1. The average Bonchev–Trinajstić information content (AvgIpc) is 3.17. The molecule has 0 aliphatic carbocycles. The molecule has 6 heteroatoms. The molecule has 24 heavy (non-hydrogen) atoms. The lowest BCUT2D eigenvalue weighted by atomic mass is 10.1. The molecule has 0 saturated heterocycles. The van der Waals surface area contributed by atoms with Crippen LogP contribution in [0.25, 0.3) is 22.7 Å². The van der Waals surface area contributed by atoms with E-state index in [1.807, 2.05) is 37.3 Å². The molecule has 0 saturated carbocycles. The minimum atomic E-state index is 0.211. The first kappa shape index (κ1) is 14.8. The molecule has 0 unspecified atom stereocenters. The molecule has 2 aromatic carbocycles. The summed E-state index contributed by atoms with van der Waals surface area (Å²) in [6.07, 6.45) is 1.77. The normalized spacial score (nSPS) is 13.3. The van der Waals surface area contributed by atoms with Crippen LogP contribution in [0.15, 0.2) is 34.8 Å². The highest BCUT2D eigenvalue weighted by molar-refractivity contribution is 9.10. The zero-order chi connectivity index (χ0) is 16.7. The summed E-state index contributed by atoms with van der Waals surface area (Å²) < 4.78 is 11.6. The van der Waals surface area contributed by atoms with E-state index in [9.17, 15) is 5.26 Å². The van der Waals surface area contributed by atoms with Crippen LogP contribution in [-0.2, 0) is 0 Å². The Balaban J connectivity index is 1.80. The van der Waals surface area contributed by atoms with Crippen LogP contribution in [0.4, 0.5) is 0 Å². The van der Waals surface area contributed by atoms with E-state index in [1.54, 1.807) is 6.08 Å². The third-order valence-electron chi connectivity index (χ3n) is 3.80. The lowest BCUT2D eigenvalue weighted by molar-refractivity contribution is 0.174. The van der Waals surface area contributed by atoms with E-state index >= 15 is 0 Å². The first-order chi connectivity index (χ1) is 11.6. The SMILES string of the molecule is Cc1ccc2nc(/C(C#N)=C\c3cc4c(cc3Br)OCO4)[nH]c2c1. The first-order valence-electron chi connectivity index (χ1n) is 7.32. The van der Waals surface area contributed by atoms with Crippen molar-refractivity contribution in [1.82, 2.24) is 9.97 Å². The number of aryl methyl sites for hydroxylation is 1. The molecule has 0 fully saturated rings. The standard InChI is InChI=1S/C18H12BrN3O2/c1-10-2-3-14-15(4-10)22-18(21-14)12(8-20)5-11-6-16-17(7-13(11)19)24-9-23-16/h2-7H,9H2,1H3,(H,21,22)/b12-5-. The van der Waals surface area contributed by atoms with Gasteiger partial charge in [0, 0.05) is 4.47 Å². The van der Waals surface area contributed by atoms with E-state index < -0.39 is 0 Å². The summed E-state index contributed by atoms with van der Waals surface area (Å²) in [6, 6.07) is 11.8. The minimum absolute atomic E-state index is 0.211. The zero-order valence-corrected chi connectivity index (χ0v) is 14.3. The fourth-order valence-electron chi connectivity index (χ4n) is 2.60. The lowest BCUT2D eigenvalue weighted by Gasteiger charge is -2.02. The quantitative estimate of drug-likeness (QED) is 0.666. The predicted octanol–water partition coefficient (Wildman–Crippen LogP) is 4.43. The number of H-pyrrole nitrogens is 1. The van der Waals surface area contributed by atoms with Gasteiger partial charge in [-0.05, 0) is 48.4 Å². The van der Waals surface area contributed by atoms with Crippen molar-refractivity contribution in [3.05, 3.63) is 51.8 Å². The van der Waals surface area contributed by atoms with E-state index in [4.69, 9.17) is 9.47 Å². The highest BCUT2D eigenvalue weighted by Crippen LogP contribution is 2.38. The molecule has 1 aliphatic rings. The Bertz CT molecular complexity index is 1030. The molecule has 5 nitrogen and oxygen atoms in total. The Hall–Kier alpha value is -2.78. The Morgan fingerprint density at radius 3 is 2.88 bits per heavy atom. The number of rotatable bonds is 2. The number of fused-ring (bicyclic) bond motifs is 2. The average molecular weight is 382 g/mol. The van der Waals surface area contributed by atoms with Crippen LogP contribution in [0.5, 0.6) is 11.5 Å². The van der Waals surface area contributed by atoms with Crippen LogP contribution in [0.2, 0.25) is 0 Å². The van der Waals surface area contributed by atoms with Crippen LogP contribution in [0.1, 0.15) is 17.0 Å². The number of hydrogen-bond donors (Lipinski definition) is 1. The summed E-state index contributed by atoms with van der Waals surface area (Å²) in [5.41, 5.74) is 4.16. The molecule has 1 N–H and O–H groups in total. The van der Waals surface area contributed by atoms with Crippen LogP contribution >= 0.6 is 15.9 Å². The number of aromatic amines is 1. The van der Waals surface area contributed by atoms with Gasteiger partial charge >= 0.3 is 0 Å². The monoisotopic (exact) mass is 381 g/mol. The lowest BCUT2D eigenvalue weighted by Crippen LogP contribution is -1.92. The number of aromatic nitrogens is 2. The van der Waals surface area contributed by atoms with Gasteiger partial charge in [-0.3, -0.25) is 0 Å². The van der Waals surface area contributed by atoms with Gasteiger partial charge in [0.1, 0.15) is 11.9 Å². The number of ether oxygens (including phenoxy) is 2. The van der Waals surface area contributed by atoms with Gasteiger partial charge in [-0.1, -0.05) is 22.0 Å². The molecule has 118 valence electrons. The smallest absolute Gasteiger partial charge is 0.231 e. The second kappa shape index (κ2) is 5.69. The fraction of sp³-hybridized carbons (Fsp3) is 0.111. The molecule has 1 aromatic heterocycles. The van der Waals surface area contributed by atoms with Crippen molar-refractivity contribution in [3.8, 4) is 17.6 Å². The van der Waals surface area contributed by atoms with Gasteiger partial charge in [-0.25, -0.2) is 4.98 Å². The summed E-state index contributed by atoms with van der Waals surface area (Å²) in [7, 11) is 0. The maximum absolute atomic E-state index is 9.56. The number of nitrogens with zero attached hydrogens (tertiary/aromatic N) is 2. The van der Waals surface area contributed by atoms with E-state index in [1.165, 1.54) is 0 Å². The third kappa shape index (κ3) is 2.53. The molecule has 3 aromatic rings. The number of halogens is 1. The Kier molecular flexibility index (Phi) is 3.51. The van der Waals surface area contributed by atoms with Crippen molar-refractivity contribution in [1.29, 1.82) is 5.26 Å². The molecule has 4 rings (SSSR count). The van der Waals surface area contributed by atoms with Crippen LogP contribution in [0.3, 0.4) is 0 Å². The minimum Gasteiger partial charge on any atom is -0.454 e. The van der Waals surface area contributed by atoms with Crippen LogP contribution in [0, 0.1) is 18.3 Å². The Morgan fingerprint density at radius 2 is 2.08 bits per heavy atom. The second-order valence-electron chi connectivity index (χ2n) is 5.50. The van der Waals surface area contributed by atoms with Crippen molar-refractivity contribution in [2.75, 3.05) is 6.79 Å². The molecule has 0 radical (unpaired) electrons. The van der Waals surface area contributed by atoms with E-state index in [0.717, 1.165) is 26.6 Å². The predicted molar refractivity (Wildman–Crippen MR) is 94.6 cm³/mol. The van der Waals surface area contributed by atoms with Gasteiger partial charge in [-0.15, -0.1) is 0 Å². The van der Waals surface area contributed by atoms with Crippen molar-refractivity contribution in [3.63, 3.8) is 0 Å². The van der Waals surface area contributed by atoms with E-state index in [-0.39, 0.29) is 6.79 Å². The molecular formula is C18H12BrN3O2. The van der Waals surface area contributed by atoms with Gasteiger partial charge in [0.05, 0.1) is 16.6 Å². The maximum atomic E-state index is 9.56. The second-order valence-corrected chi connectivity index (χ2v) is 6.36. The number of allylic oxidation sites excluding steroid dienone is 1. The number of hydrogen-bond acceptors (Lipinski definition) is 4. The fourth-order valence-corrected chi connectivity index (χ4v) is 3.04. The van der Waals surface area contributed by atoms with Gasteiger partial charge in [0.25, 0.3) is 0 Å². The van der Waals surface area contributed by atoms with Gasteiger partial charge in [0.15, 0.2) is 11.5 Å². The molecule has 0 amide bonds. The van der Waals surface area contributed by atoms with Crippen molar-refractivity contribution < 1.29 is 9.47 Å². The number of nitriles is 1. The molecule has 2 heterocycles. The van der Waals surface area contributed by atoms with Crippen LogP contribution in [-0.4, -0.2) is 16.8 Å². The molecule has 0 bridgehead atoms. The van der Waals surface area contributed by atoms with Crippen LogP contribution < -0.4 is 9.47 Å². The summed E-state index contributed by atoms with van der Waals surface area (Å²) in [5, 5.41) is 9.56. The summed E-state index contributed by atoms with van der Waals surface area (Å²) >= 11 is 3.50. The van der Waals surface area contributed by atoms with Crippen molar-refractivity contribution >= 4 is 38.6 Å². The topological polar surface area (TPSA) is 70.9 Å². The molecule has 1 aliphatic heterocycles. The summed E-state index contributed by atoms with van der Waals surface area (Å²) in [5.74, 6) is 1.90. The molecular weight excluding hydrogens is 370 g/mol. The number of benzene rings is 2. The zero-order valence-electron chi connectivity index (χ0n) is 12.8. The largest absolute Gasteiger partial charge is 0.454 e. The van der Waals surface area contributed by atoms with E-state index in [2.05, 4.69) is 32.0 Å². The highest BCUT2D eigenvalue weighted by Gasteiger charge is 2.16. The van der Waals surface area contributed by atoms with Gasteiger partial charge in [-0.2, -0.15) is 5.26 Å². The molecule has 0 spiro atoms. The summed E-state index contributed by atoms with van der Waals surface area (Å²) in [6.45, 7) is 2.23. The first-order valence-corrected chi connectivity index (χ1v) is 8.11. The van der Waals surface area contributed by atoms with Crippen molar-refractivity contribution in [2.45, 2.75) is 6.92 Å². The third-order valence-corrected chi connectivity index (χ3v) is 4.49. The number of imidazole rings is 1. The highest BCUT2D eigenvalue weighted by atomic mass is 79.9. The van der Waals surface area contributed by atoms with Crippen molar-refractivity contribution in [2.24, 2.45) is 0 Å². The maximum Gasteiger partial charge on any atom is 0.231 e. The Labute approximate surface area is 146 Å². The van der Waals surface area contributed by atoms with Gasteiger partial charge in [0.2, 0.25) is 6.79 Å².